The van der Waals surface area contributed by atoms with E-state index in [1.165, 1.54) is 41.7 Å². The molecule has 22 heavy (non-hydrogen) atoms. The molecule has 8 nitrogen and oxygen atoms in total. The van der Waals surface area contributed by atoms with Gasteiger partial charge >= 0.3 is 0 Å². The second-order valence-electron chi connectivity index (χ2n) is 4.21. The number of rotatable bonds is 4. The molecule has 0 aliphatic heterocycles. The van der Waals surface area contributed by atoms with E-state index < -0.39 is 4.92 Å². The fourth-order valence-electron chi connectivity index (χ4n) is 1.76. The molecule has 0 aliphatic carbocycles. The molecule has 0 saturated heterocycles. The third-order valence-electron chi connectivity index (χ3n) is 2.78. The van der Waals surface area contributed by atoms with Crippen LogP contribution >= 0.6 is 11.6 Å². The van der Waals surface area contributed by atoms with E-state index in [1.807, 2.05) is 0 Å². The lowest BCUT2D eigenvalue weighted by Crippen LogP contribution is -1.88. The zero-order chi connectivity index (χ0) is 15.5. The third-order valence-corrected chi connectivity index (χ3v) is 3.11. The van der Waals surface area contributed by atoms with Crippen LogP contribution in [0.1, 0.15) is 5.76 Å². The summed E-state index contributed by atoms with van der Waals surface area (Å²) in [7, 11) is 0. The predicted octanol–water partition coefficient (Wildman–Crippen LogP) is 2.98. The van der Waals surface area contributed by atoms with Crippen LogP contribution in [0.15, 0.2) is 52.5 Å². The molecule has 9 heteroatoms. The number of benzene rings is 1. The number of nitro benzene ring substituents is 1. The lowest BCUT2D eigenvalue weighted by atomic mass is 10.1. The van der Waals surface area contributed by atoms with Crippen molar-refractivity contribution in [1.82, 2.24) is 14.9 Å². The van der Waals surface area contributed by atoms with Gasteiger partial charge in [-0.3, -0.25) is 10.1 Å². The van der Waals surface area contributed by atoms with Gasteiger partial charge in [0.15, 0.2) is 0 Å². The van der Waals surface area contributed by atoms with Crippen molar-refractivity contribution < 1.29 is 9.34 Å². The van der Waals surface area contributed by atoms with E-state index in [4.69, 9.17) is 16.0 Å². The Morgan fingerprint density at radius 3 is 2.77 bits per heavy atom. The first-order chi connectivity index (χ1) is 10.6. The number of halogens is 1. The van der Waals surface area contributed by atoms with Gasteiger partial charge < -0.3 is 4.42 Å². The Labute approximate surface area is 128 Å². The number of nitro groups is 1. The molecule has 0 radical (unpaired) electrons. The highest BCUT2D eigenvalue weighted by Gasteiger charge is 2.14. The molecule has 0 aliphatic rings. The van der Waals surface area contributed by atoms with E-state index in [1.54, 1.807) is 12.1 Å². The first-order valence-corrected chi connectivity index (χ1v) is 6.44. The fourth-order valence-corrected chi connectivity index (χ4v) is 1.97. The lowest BCUT2D eigenvalue weighted by molar-refractivity contribution is -0.384. The molecule has 0 saturated carbocycles. The Balaban J connectivity index is 1.90. The van der Waals surface area contributed by atoms with Crippen LogP contribution < -0.4 is 0 Å². The van der Waals surface area contributed by atoms with Crippen molar-refractivity contribution >= 4 is 23.5 Å². The van der Waals surface area contributed by atoms with Crippen molar-refractivity contribution in [3.63, 3.8) is 0 Å². The standard InChI is InChI=1S/C13H8ClN5O3/c14-12-3-1-9(19(20)21)5-11(12)13-4-2-10(22-13)6-17-18-7-15-16-8-18/h1-8H/b17-6+. The van der Waals surface area contributed by atoms with Crippen molar-refractivity contribution in [2.24, 2.45) is 5.10 Å². The van der Waals surface area contributed by atoms with Gasteiger partial charge in [-0.1, -0.05) is 11.6 Å². The van der Waals surface area contributed by atoms with Gasteiger partial charge in [0, 0.05) is 17.7 Å². The molecule has 0 bridgehead atoms. The maximum atomic E-state index is 10.8. The lowest BCUT2D eigenvalue weighted by Gasteiger charge is -2.00. The summed E-state index contributed by atoms with van der Waals surface area (Å²) in [6, 6.07) is 7.50. The maximum Gasteiger partial charge on any atom is 0.270 e. The Bertz CT molecular complexity index is 841. The third kappa shape index (κ3) is 2.86. The molecule has 3 rings (SSSR count). The molecule has 2 aromatic heterocycles. The summed E-state index contributed by atoms with van der Waals surface area (Å²) in [5, 5.41) is 22.5. The maximum absolute atomic E-state index is 10.8. The van der Waals surface area contributed by atoms with E-state index in [-0.39, 0.29) is 5.69 Å². The number of non-ortho nitro benzene ring substituents is 1. The van der Waals surface area contributed by atoms with Crippen LogP contribution in [0.5, 0.6) is 0 Å². The number of furan rings is 1. The predicted molar refractivity (Wildman–Crippen MR) is 78.8 cm³/mol. The molecule has 0 spiro atoms. The van der Waals surface area contributed by atoms with Gasteiger partial charge in [-0.2, -0.15) is 5.10 Å². The highest BCUT2D eigenvalue weighted by Crippen LogP contribution is 2.32. The van der Waals surface area contributed by atoms with E-state index >= 15 is 0 Å². The molecule has 2 heterocycles. The monoisotopic (exact) mass is 317 g/mol. The number of hydrogen-bond donors (Lipinski definition) is 0. The average molecular weight is 318 g/mol. The smallest absolute Gasteiger partial charge is 0.270 e. The largest absolute Gasteiger partial charge is 0.455 e. The van der Waals surface area contributed by atoms with Crippen LogP contribution in [0.25, 0.3) is 11.3 Å². The number of aromatic nitrogens is 3. The average Bonchev–Trinajstić information content (AvgIpc) is 3.17. The summed E-state index contributed by atoms with van der Waals surface area (Å²) in [6.07, 6.45) is 4.33. The highest BCUT2D eigenvalue weighted by molar-refractivity contribution is 6.33. The normalized spacial score (nSPS) is 11.1. The van der Waals surface area contributed by atoms with Crippen molar-refractivity contribution in [1.29, 1.82) is 0 Å². The van der Waals surface area contributed by atoms with Gasteiger partial charge in [-0.15, -0.1) is 10.2 Å². The first kappa shape index (κ1) is 14.0. The van der Waals surface area contributed by atoms with Crippen LogP contribution in [0.3, 0.4) is 0 Å². The van der Waals surface area contributed by atoms with Crippen LogP contribution in [0.4, 0.5) is 5.69 Å². The summed E-state index contributed by atoms with van der Waals surface area (Å²) in [5.74, 6) is 0.880. The van der Waals surface area contributed by atoms with Crippen molar-refractivity contribution in [2.45, 2.75) is 0 Å². The van der Waals surface area contributed by atoms with Gasteiger partial charge in [0.2, 0.25) is 0 Å². The number of nitrogens with zero attached hydrogens (tertiary/aromatic N) is 5. The SMILES string of the molecule is O=[N+]([O-])c1ccc(Cl)c(-c2ccc(/C=N/n3cnnc3)o2)c1. The Morgan fingerprint density at radius 1 is 1.27 bits per heavy atom. The summed E-state index contributed by atoms with van der Waals surface area (Å²) in [6.45, 7) is 0. The van der Waals surface area contributed by atoms with E-state index in [9.17, 15) is 10.1 Å². The highest BCUT2D eigenvalue weighted by atomic mass is 35.5. The van der Waals surface area contributed by atoms with E-state index in [2.05, 4.69) is 15.3 Å². The minimum atomic E-state index is -0.489. The molecule has 0 N–H and O–H groups in total. The van der Waals surface area contributed by atoms with Crippen molar-refractivity contribution in [3.8, 4) is 11.3 Å². The molecular weight excluding hydrogens is 310 g/mol. The van der Waals surface area contributed by atoms with E-state index in [0.29, 0.717) is 22.1 Å². The second kappa shape index (κ2) is 5.78. The quantitative estimate of drug-likeness (QED) is 0.418. The molecule has 0 fully saturated rings. The molecule has 1 aromatic carbocycles. The Kier molecular flexibility index (Phi) is 3.67. The number of hydrogen-bond acceptors (Lipinski definition) is 6. The van der Waals surface area contributed by atoms with Gasteiger partial charge in [-0.25, -0.2) is 4.68 Å². The topological polar surface area (TPSA) is 99.3 Å². The first-order valence-electron chi connectivity index (χ1n) is 6.06. The van der Waals surface area contributed by atoms with Crippen molar-refractivity contribution in [3.05, 3.63) is 63.9 Å². The van der Waals surface area contributed by atoms with Crippen LogP contribution in [-0.4, -0.2) is 26.0 Å². The molecule has 0 unspecified atom stereocenters. The second-order valence-corrected chi connectivity index (χ2v) is 4.62. The minimum Gasteiger partial charge on any atom is -0.455 e. The summed E-state index contributed by atoms with van der Waals surface area (Å²) >= 11 is 6.07. The van der Waals surface area contributed by atoms with E-state index in [0.717, 1.165) is 0 Å². The van der Waals surface area contributed by atoms with Crippen LogP contribution in [0, 0.1) is 10.1 Å². The molecule has 3 aromatic rings. The zero-order valence-electron chi connectivity index (χ0n) is 11.0. The Hall–Kier alpha value is -3.00. The zero-order valence-corrected chi connectivity index (χ0v) is 11.7. The van der Waals surface area contributed by atoms with Gasteiger partial charge in [-0.05, 0) is 18.2 Å². The minimum absolute atomic E-state index is 0.0597. The fraction of sp³-hybridized carbons (Fsp3) is 0. The van der Waals surface area contributed by atoms with Gasteiger partial charge in [0.1, 0.15) is 24.2 Å². The Morgan fingerprint density at radius 2 is 2.05 bits per heavy atom. The van der Waals surface area contributed by atoms with Crippen molar-refractivity contribution in [2.75, 3.05) is 0 Å². The van der Waals surface area contributed by atoms with Crippen LogP contribution in [0.2, 0.25) is 5.02 Å². The van der Waals surface area contributed by atoms with Gasteiger partial charge in [0.05, 0.1) is 16.2 Å². The summed E-state index contributed by atoms with van der Waals surface area (Å²) in [4.78, 5) is 10.3. The molecule has 0 atom stereocenters. The van der Waals surface area contributed by atoms with Gasteiger partial charge in [0.25, 0.3) is 5.69 Å². The molecular formula is C13H8ClN5O3. The summed E-state index contributed by atoms with van der Waals surface area (Å²) < 4.78 is 6.98. The van der Waals surface area contributed by atoms with Crippen LogP contribution in [-0.2, 0) is 0 Å². The summed E-state index contributed by atoms with van der Waals surface area (Å²) in [5.41, 5.74) is 0.385. The molecule has 110 valence electrons. The molecule has 0 amide bonds.